The average Bonchev–Trinajstić information content (AvgIpc) is 2.87. The molecule has 2 fully saturated rings. The van der Waals surface area contributed by atoms with Crippen molar-refractivity contribution in [1.82, 2.24) is 9.80 Å². The molecule has 4 rings (SSSR count). The highest BCUT2D eigenvalue weighted by Gasteiger charge is 2.26. The maximum absolute atomic E-state index is 15.0. The van der Waals surface area contributed by atoms with Crippen molar-refractivity contribution in [3.63, 3.8) is 0 Å². The lowest BCUT2D eigenvalue weighted by atomic mass is 9.96. The molecule has 2 saturated heterocycles. The summed E-state index contributed by atoms with van der Waals surface area (Å²) >= 11 is 0. The Bertz CT molecular complexity index is 1110. The molecule has 0 aliphatic carbocycles. The molecule has 0 radical (unpaired) electrons. The van der Waals surface area contributed by atoms with Gasteiger partial charge in [-0.1, -0.05) is 12.1 Å². The van der Waals surface area contributed by atoms with Crippen molar-refractivity contribution in [1.29, 1.82) is 5.26 Å². The highest BCUT2D eigenvalue weighted by atomic mass is 19.1. The molecule has 192 valence electrons. The van der Waals surface area contributed by atoms with Crippen molar-refractivity contribution >= 4 is 5.91 Å². The van der Waals surface area contributed by atoms with E-state index in [1.807, 2.05) is 0 Å². The molecule has 2 heterocycles. The average molecular weight is 496 g/mol. The van der Waals surface area contributed by atoms with E-state index in [0.29, 0.717) is 60.2 Å². The second kappa shape index (κ2) is 11.4. The number of likely N-dealkylation sites (tertiary alicyclic amines) is 2. The summed E-state index contributed by atoms with van der Waals surface area (Å²) in [7, 11) is 0. The van der Waals surface area contributed by atoms with Gasteiger partial charge in [-0.3, -0.25) is 4.79 Å². The van der Waals surface area contributed by atoms with E-state index in [1.165, 1.54) is 6.07 Å². The van der Waals surface area contributed by atoms with Crippen LogP contribution in [-0.2, 0) is 0 Å². The van der Waals surface area contributed by atoms with Crippen LogP contribution in [0.2, 0.25) is 0 Å². The van der Waals surface area contributed by atoms with Crippen LogP contribution < -0.4 is 4.74 Å². The predicted molar refractivity (Wildman–Crippen MR) is 136 cm³/mol. The van der Waals surface area contributed by atoms with Gasteiger partial charge in [-0.2, -0.15) is 5.26 Å². The van der Waals surface area contributed by atoms with Gasteiger partial charge >= 0.3 is 0 Å². The molecule has 0 spiro atoms. The first-order valence-corrected chi connectivity index (χ1v) is 12.9. The fourth-order valence-corrected chi connectivity index (χ4v) is 5.12. The highest BCUT2D eigenvalue weighted by molar-refractivity contribution is 5.95. The maximum Gasteiger partial charge on any atom is 0.253 e. The van der Waals surface area contributed by atoms with Crippen LogP contribution in [0.25, 0.3) is 11.1 Å². The summed E-state index contributed by atoms with van der Waals surface area (Å²) in [5, 5.41) is 9.68. The lowest BCUT2D eigenvalue weighted by Crippen LogP contribution is -2.41. The molecule has 0 unspecified atom stereocenters. The first-order chi connectivity index (χ1) is 17.2. The van der Waals surface area contributed by atoms with Gasteiger partial charge in [0, 0.05) is 30.8 Å². The third-order valence-electron chi connectivity index (χ3n) is 7.05. The number of benzene rings is 2. The Morgan fingerprint density at radius 1 is 1.08 bits per heavy atom. The molecule has 0 saturated carbocycles. The first kappa shape index (κ1) is 26.1. The smallest absolute Gasteiger partial charge is 0.253 e. The summed E-state index contributed by atoms with van der Waals surface area (Å²) in [6, 6.07) is 11.8. The minimum Gasteiger partial charge on any atom is -0.492 e. The number of hydrogen-bond donors (Lipinski definition) is 0. The van der Waals surface area contributed by atoms with Crippen LogP contribution in [0.1, 0.15) is 61.9 Å². The van der Waals surface area contributed by atoms with Gasteiger partial charge in [-0.15, -0.1) is 0 Å². The predicted octanol–water partition coefficient (Wildman–Crippen LogP) is 5.83. The molecular formula is C29H35F2N3O2. The van der Waals surface area contributed by atoms with E-state index in [4.69, 9.17) is 4.74 Å². The number of hydrogen-bond acceptors (Lipinski definition) is 4. The Morgan fingerprint density at radius 2 is 1.81 bits per heavy atom. The van der Waals surface area contributed by atoms with Crippen molar-refractivity contribution in [2.45, 2.75) is 51.6 Å². The highest BCUT2D eigenvalue weighted by Crippen LogP contribution is 2.30. The molecule has 2 aliphatic rings. The van der Waals surface area contributed by atoms with Crippen LogP contribution in [0.3, 0.4) is 0 Å². The number of halogens is 2. The van der Waals surface area contributed by atoms with E-state index in [0.717, 1.165) is 45.2 Å². The summed E-state index contributed by atoms with van der Waals surface area (Å²) < 4.78 is 34.9. The summed E-state index contributed by atoms with van der Waals surface area (Å²) in [6.07, 6.45) is 4.92. The Labute approximate surface area is 212 Å². The molecule has 2 aliphatic heterocycles. The lowest BCUT2D eigenvalue weighted by molar-refractivity contribution is 0.0723. The zero-order chi connectivity index (χ0) is 25.7. The molecule has 36 heavy (non-hydrogen) atoms. The minimum absolute atomic E-state index is 0.138. The van der Waals surface area contributed by atoms with Gasteiger partial charge in [0.15, 0.2) is 0 Å². The molecule has 2 aromatic carbocycles. The minimum atomic E-state index is -1.20. The van der Waals surface area contributed by atoms with E-state index in [2.05, 4.69) is 11.0 Å². The quantitative estimate of drug-likeness (QED) is 0.485. The number of alkyl halides is 1. The largest absolute Gasteiger partial charge is 0.492 e. The number of amides is 1. The van der Waals surface area contributed by atoms with Crippen LogP contribution in [-0.4, -0.2) is 60.7 Å². The van der Waals surface area contributed by atoms with E-state index in [1.54, 1.807) is 49.1 Å². The Kier molecular flexibility index (Phi) is 8.25. The van der Waals surface area contributed by atoms with Crippen molar-refractivity contribution < 1.29 is 18.3 Å². The molecule has 7 heteroatoms. The molecule has 0 N–H and O–H groups in total. The Morgan fingerprint density at radius 3 is 2.44 bits per heavy atom. The Hall–Kier alpha value is -2.98. The lowest BCUT2D eigenvalue weighted by Gasteiger charge is -2.34. The first-order valence-electron chi connectivity index (χ1n) is 12.9. The normalized spacial score (nSPS) is 17.6. The van der Waals surface area contributed by atoms with Gasteiger partial charge in [-0.05, 0) is 94.8 Å². The van der Waals surface area contributed by atoms with Gasteiger partial charge in [0.2, 0.25) is 0 Å². The van der Waals surface area contributed by atoms with E-state index in [9.17, 15) is 14.4 Å². The van der Waals surface area contributed by atoms with Crippen LogP contribution in [0, 0.1) is 23.1 Å². The fourth-order valence-electron chi connectivity index (χ4n) is 5.12. The fraction of sp³-hybridized carbons (Fsp3) is 0.517. The molecule has 0 aromatic heterocycles. The summed E-state index contributed by atoms with van der Waals surface area (Å²) in [6.45, 7) is 7.22. The number of nitrogens with zero attached hydrogens (tertiary/aromatic N) is 3. The molecule has 0 bridgehead atoms. The topological polar surface area (TPSA) is 56.6 Å². The molecular weight excluding hydrogens is 460 g/mol. The van der Waals surface area contributed by atoms with E-state index >= 15 is 4.39 Å². The van der Waals surface area contributed by atoms with Gasteiger partial charge < -0.3 is 14.5 Å². The molecule has 5 nitrogen and oxygen atoms in total. The zero-order valence-electron chi connectivity index (χ0n) is 21.2. The van der Waals surface area contributed by atoms with Crippen LogP contribution in [0.5, 0.6) is 5.75 Å². The number of carbonyl (C=O) groups excluding carboxylic acids is 1. The van der Waals surface area contributed by atoms with Crippen molar-refractivity contribution in [3.05, 3.63) is 53.3 Å². The zero-order valence-corrected chi connectivity index (χ0v) is 21.2. The molecule has 2 aromatic rings. The second-order valence-corrected chi connectivity index (χ2v) is 10.6. The van der Waals surface area contributed by atoms with Crippen molar-refractivity contribution in [2.75, 3.05) is 39.3 Å². The van der Waals surface area contributed by atoms with Gasteiger partial charge in [0.25, 0.3) is 5.91 Å². The van der Waals surface area contributed by atoms with Gasteiger partial charge in [-0.25, -0.2) is 8.78 Å². The molecule has 1 amide bonds. The van der Waals surface area contributed by atoms with Crippen LogP contribution in [0.15, 0.2) is 36.4 Å². The SMILES string of the molecule is CC(C)(F)CN1CCC(COc2ccc(-c3ccc(C(=O)N4CCCCC4)cc3F)cc2C#N)CC1. The number of nitriles is 1. The van der Waals surface area contributed by atoms with E-state index < -0.39 is 11.5 Å². The van der Waals surface area contributed by atoms with Crippen molar-refractivity contribution in [3.8, 4) is 22.9 Å². The molecule has 0 atom stereocenters. The van der Waals surface area contributed by atoms with Gasteiger partial charge in [0.05, 0.1) is 12.2 Å². The number of rotatable bonds is 7. The summed E-state index contributed by atoms with van der Waals surface area (Å²) in [5.74, 6) is 0.197. The van der Waals surface area contributed by atoms with E-state index in [-0.39, 0.29) is 5.91 Å². The maximum atomic E-state index is 15.0. The summed E-state index contributed by atoms with van der Waals surface area (Å²) in [4.78, 5) is 16.6. The van der Waals surface area contributed by atoms with Gasteiger partial charge in [0.1, 0.15) is 23.3 Å². The van der Waals surface area contributed by atoms with Crippen molar-refractivity contribution in [2.24, 2.45) is 5.92 Å². The van der Waals surface area contributed by atoms with Crippen LogP contribution in [0.4, 0.5) is 8.78 Å². The number of ether oxygens (including phenoxy) is 1. The third-order valence-corrected chi connectivity index (χ3v) is 7.05. The third kappa shape index (κ3) is 6.61. The number of carbonyl (C=O) groups is 1. The summed E-state index contributed by atoms with van der Waals surface area (Å²) in [5.41, 5.74) is 0.402. The Balaban J connectivity index is 1.39. The second-order valence-electron chi connectivity index (χ2n) is 10.6. The standard InChI is InChI=1S/C29H35F2N3O2/c1-29(2,31)20-33-14-10-21(11-15-33)19-36-27-9-7-22(16-24(27)18-32)25-8-6-23(17-26(25)30)28(35)34-12-4-3-5-13-34/h6-9,16-17,21H,3-5,10-15,19-20H2,1-2H3. The number of piperidine rings is 2. The van der Waals surface area contributed by atoms with Crippen LogP contribution >= 0.6 is 0 Å². The monoisotopic (exact) mass is 495 g/mol.